The lowest BCUT2D eigenvalue weighted by molar-refractivity contribution is 0.368. The van der Waals surface area contributed by atoms with Crippen LogP contribution < -0.4 is 10.6 Å². The van der Waals surface area contributed by atoms with Gasteiger partial charge in [-0.2, -0.15) is 4.98 Å². The number of aromatic nitrogens is 2. The summed E-state index contributed by atoms with van der Waals surface area (Å²) in [4.78, 5) is 8.47. The van der Waals surface area contributed by atoms with Crippen molar-refractivity contribution in [2.75, 3.05) is 25.6 Å². The van der Waals surface area contributed by atoms with Crippen molar-refractivity contribution >= 4 is 39.8 Å². The third-order valence-corrected chi connectivity index (χ3v) is 4.37. The number of nitrogens with zero attached hydrogens (tertiary/aromatic N) is 3. The van der Waals surface area contributed by atoms with E-state index in [9.17, 15) is 8.42 Å². The van der Waals surface area contributed by atoms with Crippen LogP contribution in [0, 0.1) is 0 Å². The number of sulfone groups is 1. The van der Waals surface area contributed by atoms with Crippen molar-refractivity contribution in [2.45, 2.75) is 52.0 Å². The maximum Gasteiger partial charge on any atom is 0.226 e. The van der Waals surface area contributed by atoms with Crippen LogP contribution in [-0.2, 0) is 16.3 Å². The summed E-state index contributed by atoms with van der Waals surface area (Å²) in [7, 11) is -1.26. The molecule has 0 aliphatic heterocycles. The van der Waals surface area contributed by atoms with E-state index in [1.54, 1.807) is 7.05 Å². The summed E-state index contributed by atoms with van der Waals surface area (Å²) in [6.45, 7) is 6.69. The summed E-state index contributed by atoms with van der Waals surface area (Å²) in [6.07, 6.45) is 3.32. The van der Waals surface area contributed by atoms with Gasteiger partial charge in [0, 0.05) is 38.2 Å². The van der Waals surface area contributed by atoms with E-state index in [4.69, 9.17) is 4.52 Å². The summed E-state index contributed by atoms with van der Waals surface area (Å²) in [5, 5.41) is 10.3. The van der Waals surface area contributed by atoms with Crippen molar-refractivity contribution in [3.8, 4) is 0 Å². The van der Waals surface area contributed by atoms with Crippen LogP contribution >= 0.6 is 24.0 Å². The molecule has 0 amide bonds. The smallest absolute Gasteiger partial charge is 0.226 e. The zero-order chi connectivity index (χ0) is 18.2. The molecule has 8 nitrogen and oxygen atoms in total. The third kappa shape index (κ3) is 10.6. The molecule has 0 aromatic carbocycles. The van der Waals surface area contributed by atoms with E-state index in [1.165, 1.54) is 6.26 Å². The summed E-state index contributed by atoms with van der Waals surface area (Å²) in [5.41, 5.74) is 0. The third-order valence-electron chi connectivity index (χ3n) is 3.39. The number of rotatable bonds is 9. The van der Waals surface area contributed by atoms with E-state index in [2.05, 4.69) is 25.8 Å². The van der Waals surface area contributed by atoms with Gasteiger partial charge in [0.05, 0.1) is 5.75 Å². The predicted octanol–water partition coefficient (Wildman–Crippen LogP) is 1.73. The fraction of sp³-hybridized carbons (Fsp3) is 0.800. The fourth-order valence-corrected chi connectivity index (χ4v) is 2.72. The van der Waals surface area contributed by atoms with Gasteiger partial charge < -0.3 is 15.2 Å². The highest BCUT2D eigenvalue weighted by Gasteiger charge is 2.11. The Morgan fingerprint density at radius 1 is 1.32 bits per heavy atom. The second kappa shape index (κ2) is 11.7. The van der Waals surface area contributed by atoms with E-state index in [1.807, 2.05) is 20.8 Å². The zero-order valence-electron chi connectivity index (χ0n) is 15.6. The van der Waals surface area contributed by atoms with Crippen LogP contribution in [0.3, 0.4) is 0 Å². The van der Waals surface area contributed by atoms with E-state index >= 15 is 0 Å². The van der Waals surface area contributed by atoms with Crippen molar-refractivity contribution in [1.82, 2.24) is 20.8 Å². The van der Waals surface area contributed by atoms with Gasteiger partial charge in [0.15, 0.2) is 11.8 Å². The first-order valence-corrected chi connectivity index (χ1v) is 10.2. The van der Waals surface area contributed by atoms with E-state index in [0.717, 1.165) is 12.2 Å². The normalized spacial score (nSPS) is 13.4. The Kier molecular flexibility index (Phi) is 11.2. The molecule has 1 aromatic heterocycles. The van der Waals surface area contributed by atoms with Crippen LogP contribution in [-0.4, -0.2) is 56.2 Å². The minimum atomic E-state index is -2.94. The minimum absolute atomic E-state index is 0. The molecule has 1 atom stereocenters. The zero-order valence-corrected chi connectivity index (χ0v) is 18.7. The van der Waals surface area contributed by atoms with E-state index in [0.29, 0.717) is 31.2 Å². The standard InChI is InChI=1S/C15H29N5O3S.HI/c1-11(2)14-19-13(23-20-14)7-6-9-17-15(16-4)18-12(3)8-10-24(5,21)22;/h11-12H,6-10H2,1-5H3,(H2,16,17,18);1H. The molecule has 0 spiro atoms. The SMILES string of the molecule is CN=C(NCCCc1nc(C(C)C)no1)NC(C)CCS(C)(=O)=O.I. The number of halogens is 1. The molecule has 10 heteroatoms. The van der Waals surface area contributed by atoms with Gasteiger partial charge in [-0.1, -0.05) is 19.0 Å². The minimum Gasteiger partial charge on any atom is -0.356 e. The Bertz CT molecular complexity index is 631. The van der Waals surface area contributed by atoms with Gasteiger partial charge in [-0.25, -0.2) is 8.42 Å². The summed E-state index contributed by atoms with van der Waals surface area (Å²) in [6, 6.07) is 0.0236. The number of aliphatic imine (C=N–C) groups is 1. The Labute approximate surface area is 167 Å². The lowest BCUT2D eigenvalue weighted by atomic mass is 10.2. The van der Waals surface area contributed by atoms with Crippen LogP contribution in [0.1, 0.15) is 51.2 Å². The molecule has 0 aliphatic carbocycles. The van der Waals surface area contributed by atoms with Gasteiger partial charge in [0.2, 0.25) is 5.89 Å². The Hall–Kier alpha value is -0.910. The monoisotopic (exact) mass is 487 g/mol. The number of hydrogen-bond donors (Lipinski definition) is 2. The molecule has 1 aromatic rings. The Balaban J connectivity index is 0.00000576. The number of hydrogen-bond acceptors (Lipinski definition) is 6. The predicted molar refractivity (Wildman–Crippen MR) is 110 cm³/mol. The van der Waals surface area contributed by atoms with E-state index in [-0.39, 0.29) is 41.7 Å². The maximum atomic E-state index is 11.2. The van der Waals surface area contributed by atoms with Gasteiger partial charge >= 0.3 is 0 Å². The second-order valence-electron chi connectivity index (χ2n) is 6.27. The largest absolute Gasteiger partial charge is 0.356 e. The van der Waals surface area contributed by atoms with Crippen molar-refractivity contribution in [1.29, 1.82) is 0 Å². The molecule has 0 bridgehead atoms. The summed E-state index contributed by atoms with van der Waals surface area (Å²) >= 11 is 0. The van der Waals surface area contributed by atoms with Crippen LogP contribution in [0.4, 0.5) is 0 Å². The number of nitrogens with one attached hydrogen (secondary N) is 2. The maximum absolute atomic E-state index is 11.2. The first-order valence-electron chi connectivity index (χ1n) is 8.18. The first kappa shape index (κ1) is 24.1. The van der Waals surface area contributed by atoms with Crippen molar-refractivity contribution in [3.05, 3.63) is 11.7 Å². The average molecular weight is 487 g/mol. The number of aryl methyl sites for hydroxylation is 1. The van der Waals surface area contributed by atoms with Crippen molar-refractivity contribution in [3.63, 3.8) is 0 Å². The van der Waals surface area contributed by atoms with Gasteiger partial charge in [0.1, 0.15) is 9.84 Å². The van der Waals surface area contributed by atoms with E-state index < -0.39 is 9.84 Å². The Morgan fingerprint density at radius 3 is 2.52 bits per heavy atom. The quantitative estimate of drug-likeness (QED) is 0.236. The molecule has 0 radical (unpaired) electrons. The summed E-state index contributed by atoms with van der Waals surface area (Å²) in [5.74, 6) is 2.45. The molecule has 2 N–H and O–H groups in total. The molecular weight excluding hydrogens is 457 g/mol. The van der Waals surface area contributed by atoms with Crippen molar-refractivity contribution in [2.24, 2.45) is 4.99 Å². The van der Waals surface area contributed by atoms with Crippen LogP contribution in [0.2, 0.25) is 0 Å². The molecule has 146 valence electrons. The highest BCUT2D eigenvalue weighted by atomic mass is 127. The van der Waals surface area contributed by atoms with Gasteiger partial charge in [0.25, 0.3) is 0 Å². The number of guanidine groups is 1. The molecule has 25 heavy (non-hydrogen) atoms. The fourth-order valence-electron chi connectivity index (χ4n) is 1.94. The van der Waals surface area contributed by atoms with Crippen LogP contribution in [0.15, 0.2) is 9.52 Å². The molecule has 1 unspecified atom stereocenters. The summed E-state index contributed by atoms with van der Waals surface area (Å²) < 4.78 is 27.6. The highest BCUT2D eigenvalue weighted by Crippen LogP contribution is 2.10. The highest BCUT2D eigenvalue weighted by molar-refractivity contribution is 14.0. The molecule has 0 aliphatic rings. The average Bonchev–Trinajstić information content (AvgIpc) is 2.96. The lowest BCUT2D eigenvalue weighted by Crippen LogP contribution is -2.43. The topological polar surface area (TPSA) is 109 Å². The molecule has 1 heterocycles. The van der Waals surface area contributed by atoms with Crippen LogP contribution in [0.5, 0.6) is 0 Å². The lowest BCUT2D eigenvalue weighted by Gasteiger charge is -2.17. The molecule has 0 saturated carbocycles. The van der Waals surface area contributed by atoms with Gasteiger partial charge in [-0.05, 0) is 19.8 Å². The first-order chi connectivity index (χ1) is 11.2. The second-order valence-corrected chi connectivity index (χ2v) is 8.53. The molecule has 1 rings (SSSR count). The molecule has 0 fully saturated rings. The van der Waals surface area contributed by atoms with Gasteiger partial charge in [-0.3, -0.25) is 4.99 Å². The Morgan fingerprint density at radius 2 is 2.00 bits per heavy atom. The van der Waals surface area contributed by atoms with Crippen LogP contribution in [0.25, 0.3) is 0 Å². The molecular formula is C15H30IN5O3S. The molecule has 0 saturated heterocycles. The van der Waals surface area contributed by atoms with Gasteiger partial charge in [-0.15, -0.1) is 24.0 Å². The van der Waals surface area contributed by atoms with Crippen molar-refractivity contribution < 1.29 is 12.9 Å².